The fraction of sp³-hybridized carbons (Fsp3) is 0.533. The third-order valence-corrected chi connectivity index (χ3v) is 4.31. The molecule has 20 heavy (non-hydrogen) atoms. The van der Waals surface area contributed by atoms with Crippen molar-refractivity contribution in [2.24, 2.45) is 18.7 Å². The van der Waals surface area contributed by atoms with Gasteiger partial charge in [-0.2, -0.15) is 4.80 Å². The third kappa shape index (κ3) is 2.88. The zero-order valence-corrected chi connectivity index (χ0v) is 11.8. The molecule has 2 N–H and O–H groups in total. The summed E-state index contributed by atoms with van der Waals surface area (Å²) in [6.45, 7) is 0. The van der Waals surface area contributed by atoms with Gasteiger partial charge >= 0.3 is 0 Å². The Hall–Kier alpha value is -1.75. The molecule has 0 radical (unpaired) electrons. The Kier molecular flexibility index (Phi) is 3.78. The maximum atomic E-state index is 6.29. The largest absolute Gasteiger partial charge is 0.327 e. The number of rotatable bonds is 3. The van der Waals surface area contributed by atoms with E-state index in [1.165, 1.54) is 16.8 Å². The lowest BCUT2D eigenvalue weighted by atomic mass is 9.74. The minimum Gasteiger partial charge on any atom is -0.327 e. The lowest BCUT2D eigenvalue weighted by molar-refractivity contribution is 0.273. The van der Waals surface area contributed by atoms with Gasteiger partial charge in [0.05, 0.1) is 7.05 Å². The highest BCUT2D eigenvalue weighted by atomic mass is 15.6. The van der Waals surface area contributed by atoms with Crippen molar-refractivity contribution in [2.45, 2.75) is 37.6 Å². The molecule has 0 spiro atoms. The first-order valence-corrected chi connectivity index (χ1v) is 7.26. The van der Waals surface area contributed by atoms with Gasteiger partial charge in [0.2, 0.25) is 0 Å². The van der Waals surface area contributed by atoms with Crippen LogP contribution in [0.15, 0.2) is 30.3 Å². The van der Waals surface area contributed by atoms with Crippen molar-refractivity contribution in [3.63, 3.8) is 0 Å². The lowest BCUT2D eigenvalue weighted by Gasteiger charge is -2.33. The van der Waals surface area contributed by atoms with Gasteiger partial charge in [0, 0.05) is 12.5 Å². The predicted octanol–water partition coefficient (Wildman–Crippen LogP) is 1.66. The molecule has 3 unspecified atom stereocenters. The number of hydrogen-bond acceptors (Lipinski definition) is 4. The van der Waals surface area contributed by atoms with Crippen LogP contribution in [-0.2, 0) is 13.5 Å². The Labute approximate surface area is 119 Å². The van der Waals surface area contributed by atoms with E-state index in [0.717, 1.165) is 25.1 Å². The molecule has 1 fully saturated rings. The van der Waals surface area contributed by atoms with Crippen molar-refractivity contribution in [3.05, 3.63) is 41.7 Å². The van der Waals surface area contributed by atoms with Crippen LogP contribution in [0.4, 0.5) is 0 Å². The molecule has 1 saturated carbocycles. The average Bonchev–Trinajstić information content (AvgIpc) is 2.88. The minimum absolute atomic E-state index is 0.249. The van der Waals surface area contributed by atoms with Gasteiger partial charge in [-0.05, 0) is 41.9 Å². The first-order chi connectivity index (χ1) is 9.72. The second-order valence-corrected chi connectivity index (χ2v) is 5.74. The Bertz CT molecular complexity index is 550. The fourth-order valence-electron chi connectivity index (χ4n) is 3.19. The molecule has 0 amide bonds. The van der Waals surface area contributed by atoms with E-state index < -0.39 is 0 Å². The molecule has 0 aliphatic heterocycles. The van der Waals surface area contributed by atoms with E-state index in [4.69, 9.17) is 5.73 Å². The standard InChI is InChI=1S/C15H21N5/c1-20-18-15(17-19-20)10-13-9-12(7-8-14(13)16)11-5-3-2-4-6-11/h2-6,12-14H,7-10,16H2,1H3. The van der Waals surface area contributed by atoms with Crippen LogP contribution in [0.2, 0.25) is 0 Å². The van der Waals surface area contributed by atoms with Crippen molar-refractivity contribution in [3.8, 4) is 0 Å². The number of aryl methyl sites for hydroxylation is 1. The van der Waals surface area contributed by atoms with Crippen molar-refractivity contribution >= 4 is 0 Å². The van der Waals surface area contributed by atoms with Crippen molar-refractivity contribution in [2.75, 3.05) is 0 Å². The van der Waals surface area contributed by atoms with E-state index in [0.29, 0.717) is 11.8 Å². The summed E-state index contributed by atoms with van der Waals surface area (Å²) in [6, 6.07) is 11.0. The normalized spacial score (nSPS) is 26.6. The second-order valence-electron chi connectivity index (χ2n) is 5.74. The van der Waals surface area contributed by atoms with Gasteiger partial charge in [-0.3, -0.25) is 0 Å². The molecular weight excluding hydrogens is 250 g/mol. The fourth-order valence-corrected chi connectivity index (χ4v) is 3.19. The highest BCUT2D eigenvalue weighted by Crippen LogP contribution is 2.36. The van der Waals surface area contributed by atoms with Crippen LogP contribution >= 0.6 is 0 Å². The number of nitrogens with zero attached hydrogens (tertiary/aromatic N) is 4. The summed E-state index contributed by atoms with van der Waals surface area (Å²) in [5.74, 6) is 1.86. The van der Waals surface area contributed by atoms with Crippen LogP contribution in [0.5, 0.6) is 0 Å². The predicted molar refractivity (Wildman–Crippen MR) is 77.0 cm³/mol. The molecule has 0 bridgehead atoms. The highest BCUT2D eigenvalue weighted by molar-refractivity contribution is 5.20. The zero-order chi connectivity index (χ0) is 13.9. The molecule has 0 saturated heterocycles. The van der Waals surface area contributed by atoms with E-state index >= 15 is 0 Å². The van der Waals surface area contributed by atoms with Crippen LogP contribution in [0.25, 0.3) is 0 Å². The van der Waals surface area contributed by atoms with Crippen molar-refractivity contribution < 1.29 is 0 Å². The van der Waals surface area contributed by atoms with Gasteiger partial charge < -0.3 is 5.73 Å². The zero-order valence-electron chi connectivity index (χ0n) is 11.8. The number of nitrogens with two attached hydrogens (primary N) is 1. The smallest absolute Gasteiger partial charge is 0.175 e. The maximum absolute atomic E-state index is 6.29. The second kappa shape index (κ2) is 5.71. The van der Waals surface area contributed by atoms with Crippen molar-refractivity contribution in [1.29, 1.82) is 0 Å². The molecule has 1 aliphatic rings. The van der Waals surface area contributed by atoms with Crippen LogP contribution in [0.1, 0.15) is 36.6 Å². The van der Waals surface area contributed by atoms with Crippen LogP contribution in [0, 0.1) is 5.92 Å². The number of benzene rings is 1. The number of tetrazole rings is 1. The molecule has 5 nitrogen and oxygen atoms in total. The van der Waals surface area contributed by atoms with Gasteiger partial charge in [-0.25, -0.2) is 0 Å². The molecular formula is C15H21N5. The molecule has 5 heteroatoms. The van der Waals surface area contributed by atoms with Gasteiger partial charge in [0.1, 0.15) is 0 Å². The molecule has 1 aliphatic carbocycles. The maximum Gasteiger partial charge on any atom is 0.175 e. The van der Waals surface area contributed by atoms with Gasteiger partial charge in [0.15, 0.2) is 5.82 Å². The van der Waals surface area contributed by atoms with E-state index in [2.05, 4.69) is 45.7 Å². The summed E-state index contributed by atoms with van der Waals surface area (Å²) in [5.41, 5.74) is 7.72. The lowest BCUT2D eigenvalue weighted by Crippen LogP contribution is -2.37. The highest BCUT2D eigenvalue weighted by Gasteiger charge is 2.30. The van der Waals surface area contributed by atoms with Gasteiger partial charge in [-0.1, -0.05) is 30.3 Å². The molecule has 106 valence electrons. The molecule has 1 aromatic carbocycles. The monoisotopic (exact) mass is 271 g/mol. The summed E-state index contributed by atoms with van der Waals surface area (Å²) in [6.07, 6.45) is 4.20. The Morgan fingerprint density at radius 2 is 2.05 bits per heavy atom. The van der Waals surface area contributed by atoms with Gasteiger partial charge in [-0.15, -0.1) is 10.2 Å². The first kappa shape index (κ1) is 13.2. The third-order valence-electron chi connectivity index (χ3n) is 4.31. The first-order valence-electron chi connectivity index (χ1n) is 7.26. The number of hydrogen-bond donors (Lipinski definition) is 1. The Balaban J connectivity index is 1.70. The van der Waals surface area contributed by atoms with Crippen molar-refractivity contribution in [1.82, 2.24) is 20.2 Å². The molecule has 3 atom stereocenters. The molecule has 2 aromatic rings. The summed E-state index contributed by atoms with van der Waals surface area (Å²) >= 11 is 0. The van der Waals surface area contributed by atoms with Crippen LogP contribution in [-0.4, -0.2) is 26.2 Å². The summed E-state index contributed by atoms with van der Waals surface area (Å²) < 4.78 is 0. The Morgan fingerprint density at radius 3 is 2.75 bits per heavy atom. The molecule has 1 heterocycles. The van der Waals surface area contributed by atoms with E-state index in [9.17, 15) is 0 Å². The minimum atomic E-state index is 0.249. The number of aromatic nitrogens is 4. The topological polar surface area (TPSA) is 69.6 Å². The van der Waals surface area contributed by atoms with Crippen LogP contribution in [0.3, 0.4) is 0 Å². The van der Waals surface area contributed by atoms with Gasteiger partial charge in [0.25, 0.3) is 0 Å². The average molecular weight is 271 g/mol. The summed E-state index contributed by atoms with van der Waals surface area (Å²) in [7, 11) is 1.80. The Morgan fingerprint density at radius 1 is 1.25 bits per heavy atom. The van der Waals surface area contributed by atoms with Crippen LogP contribution < -0.4 is 5.73 Å². The van der Waals surface area contributed by atoms with E-state index in [1.54, 1.807) is 7.05 Å². The van der Waals surface area contributed by atoms with E-state index in [1.807, 2.05) is 0 Å². The quantitative estimate of drug-likeness (QED) is 0.921. The molecule has 1 aromatic heterocycles. The summed E-state index contributed by atoms with van der Waals surface area (Å²) in [4.78, 5) is 1.51. The molecule has 3 rings (SSSR count). The SMILES string of the molecule is Cn1nnc(CC2CC(c3ccccc3)CCC2N)n1. The summed E-state index contributed by atoms with van der Waals surface area (Å²) in [5, 5.41) is 12.3. The van der Waals surface area contributed by atoms with E-state index in [-0.39, 0.29) is 6.04 Å².